The highest BCUT2D eigenvalue weighted by Crippen LogP contribution is 2.28. The van der Waals surface area contributed by atoms with Crippen LogP contribution in [0.3, 0.4) is 0 Å². The first-order chi connectivity index (χ1) is 9.52. The molecule has 4 N–H and O–H groups in total. The Morgan fingerprint density at radius 2 is 2.30 bits per heavy atom. The number of hydrogen-bond acceptors (Lipinski definition) is 4. The van der Waals surface area contributed by atoms with Gasteiger partial charge in [0, 0.05) is 11.8 Å². The number of nitrogens with zero attached hydrogens (tertiary/aromatic N) is 1. The molecule has 0 radical (unpaired) electrons. The quantitative estimate of drug-likeness (QED) is 0.751. The third-order valence-corrected chi connectivity index (χ3v) is 3.24. The molecule has 0 fully saturated rings. The Kier molecular flexibility index (Phi) is 4.14. The molecule has 1 aromatic carbocycles. The van der Waals surface area contributed by atoms with Gasteiger partial charge in [-0.05, 0) is 13.0 Å². The smallest absolute Gasteiger partial charge is 0.255 e. The lowest BCUT2D eigenvalue weighted by Gasteiger charge is -2.11. The second kappa shape index (κ2) is 5.83. The number of nitrogens with one attached hydrogen (secondary N) is 2. The number of carbonyl (C=O) groups is 1. The molecule has 2 rings (SSSR count). The fourth-order valence-corrected chi connectivity index (χ4v) is 1.90. The number of aromatic amines is 1. The number of methoxy groups -OCH3 is 1. The Balaban J connectivity index is 2.17. The molecular weight excluding hydrogens is 280 g/mol. The molecule has 0 saturated carbocycles. The Morgan fingerprint density at radius 1 is 1.55 bits per heavy atom. The molecule has 0 bridgehead atoms. The SMILES string of the molecule is COc1cc(N)c(Cl)cc1C(=O)NCc1nc[nH]c1C. The number of rotatable bonds is 4. The van der Waals surface area contributed by atoms with Crippen LogP contribution >= 0.6 is 11.6 Å². The summed E-state index contributed by atoms with van der Waals surface area (Å²) in [4.78, 5) is 19.2. The number of benzene rings is 1. The van der Waals surface area contributed by atoms with E-state index in [-0.39, 0.29) is 5.91 Å². The lowest BCUT2D eigenvalue weighted by molar-refractivity contribution is 0.0947. The van der Waals surface area contributed by atoms with Crippen molar-refractivity contribution in [2.45, 2.75) is 13.5 Å². The Bertz CT molecular complexity index is 639. The number of nitrogens with two attached hydrogens (primary N) is 1. The molecule has 0 aliphatic rings. The lowest BCUT2D eigenvalue weighted by Crippen LogP contribution is -2.24. The summed E-state index contributed by atoms with van der Waals surface area (Å²) in [7, 11) is 1.47. The minimum atomic E-state index is -0.300. The minimum Gasteiger partial charge on any atom is -0.496 e. The van der Waals surface area contributed by atoms with Gasteiger partial charge < -0.3 is 20.8 Å². The second-order valence-corrected chi connectivity index (χ2v) is 4.64. The van der Waals surface area contributed by atoms with Crippen molar-refractivity contribution < 1.29 is 9.53 Å². The third-order valence-electron chi connectivity index (χ3n) is 2.91. The number of halogens is 1. The van der Waals surface area contributed by atoms with Crippen LogP contribution in [0.1, 0.15) is 21.7 Å². The van der Waals surface area contributed by atoms with Crippen LogP contribution in [0.15, 0.2) is 18.5 Å². The highest BCUT2D eigenvalue weighted by molar-refractivity contribution is 6.33. The molecule has 6 nitrogen and oxygen atoms in total. The summed E-state index contributed by atoms with van der Waals surface area (Å²) in [6, 6.07) is 3.01. The van der Waals surface area contributed by atoms with Crippen LogP contribution in [-0.2, 0) is 6.54 Å². The average Bonchev–Trinajstić information content (AvgIpc) is 2.84. The standard InChI is InChI=1S/C13H15ClN4O2/c1-7-11(18-6-17-7)5-16-13(19)8-3-9(14)10(15)4-12(8)20-2/h3-4,6H,5,15H2,1-2H3,(H,16,19)(H,17,18). The molecular formula is C13H15ClN4O2. The molecule has 1 aromatic heterocycles. The predicted octanol–water partition coefficient (Wildman–Crippen LogP) is 1.89. The van der Waals surface area contributed by atoms with Crippen molar-refractivity contribution in [3.05, 3.63) is 40.4 Å². The minimum absolute atomic E-state index is 0.300. The molecule has 0 saturated heterocycles. The number of anilines is 1. The van der Waals surface area contributed by atoms with Gasteiger partial charge in [0.15, 0.2) is 0 Å². The van der Waals surface area contributed by atoms with Gasteiger partial charge in [-0.1, -0.05) is 11.6 Å². The van der Waals surface area contributed by atoms with E-state index < -0.39 is 0 Å². The maximum Gasteiger partial charge on any atom is 0.255 e. The molecule has 0 aliphatic heterocycles. The zero-order chi connectivity index (χ0) is 14.7. The predicted molar refractivity (Wildman–Crippen MR) is 76.9 cm³/mol. The van der Waals surface area contributed by atoms with Crippen molar-refractivity contribution >= 4 is 23.2 Å². The van der Waals surface area contributed by atoms with Crippen molar-refractivity contribution in [3.8, 4) is 5.75 Å². The summed E-state index contributed by atoms with van der Waals surface area (Å²) in [5.41, 5.74) is 8.06. The van der Waals surface area contributed by atoms with Gasteiger partial charge in [-0.2, -0.15) is 0 Å². The Labute approximate surface area is 121 Å². The molecule has 1 heterocycles. The fraction of sp³-hybridized carbons (Fsp3) is 0.231. The summed E-state index contributed by atoms with van der Waals surface area (Å²) in [6.45, 7) is 2.20. The summed E-state index contributed by atoms with van der Waals surface area (Å²) in [6.07, 6.45) is 1.58. The van der Waals surface area contributed by atoms with Gasteiger partial charge in [-0.15, -0.1) is 0 Å². The molecule has 106 valence electrons. The highest BCUT2D eigenvalue weighted by Gasteiger charge is 2.15. The summed E-state index contributed by atoms with van der Waals surface area (Å²) in [5, 5.41) is 3.07. The largest absolute Gasteiger partial charge is 0.496 e. The third kappa shape index (κ3) is 2.85. The second-order valence-electron chi connectivity index (χ2n) is 4.23. The zero-order valence-electron chi connectivity index (χ0n) is 11.2. The average molecular weight is 295 g/mol. The van der Waals surface area contributed by atoms with Gasteiger partial charge in [-0.25, -0.2) is 4.98 Å². The molecule has 0 aliphatic carbocycles. The number of aryl methyl sites for hydroxylation is 1. The molecule has 1 amide bonds. The fourth-order valence-electron chi connectivity index (χ4n) is 1.74. The van der Waals surface area contributed by atoms with Gasteiger partial charge in [0.2, 0.25) is 0 Å². The first-order valence-electron chi connectivity index (χ1n) is 5.93. The topological polar surface area (TPSA) is 93.0 Å². The van der Waals surface area contributed by atoms with Gasteiger partial charge in [-0.3, -0.25) is 4.79 Å². The van der Waals surface area contributed by atoms with Crippen molar-refractivity contribution in [1.82, 2.24) is 15.3 Å². The van der Waals surface area contributed by atoms with E-state index in [1.807, 2.05) is 6.92 Å². The van der Waals surface area contributed by atoms with E-state index in [1.165, 1.54) is 19.2 Å². The van der Waals surface area contributed by atoms with Crippen LogP contribution in [0.2, 0.25) is 5.02 Å². The van der Waals surface area contributed by atoms with Crippen LogP contribution in [0.25, 0.3) is 0 Å². The van der Waals surface area contributed by atoms with Crippen molar-refractivity contribution in [3.63, 3.8) is 0 Å². The zero-order valence-corrected chi connectivity index (χ0v) is 11.9. The van der Waals surface area contributed by atoms with Crippen LogP contribution in [0, 0.1) is 6.92 Å². The van der Waals surface area contributed by atoms with E-state index in [4.69, 9.17) is 22.1 Å². The van der Waals surface area contributed by atoms with Crippen molar-refractivity contribution in [2.75, 3.05) is 12.8 Å². The Hall–Kier alpha value is -2.21. The summed E-state index contributed by atoms with van der Waals surface area (Å²) in [5.74, 6) is 0.0781. The molecule has 0 spiro atoms. The lowest BCUT2D eigenvalue weighted by atomic mass is 10.1. The number of H-pyrrole nitrogens is 1. The summed E-state index contributed by atoms with van der Waals surface area (Å²) >= 11 is 5.93. The normalized spacial score (nSPS) is 10.3. The maximum atomic E-state index is 12.2. The van der Waals surface area contributed by atoms with E-state index in [0.29, 0.717) is 28.6 Å². The number of ether oxygens (including phenoxy) is 1. The number of hydrogen-bond donors (Lipinski definition) is 3. The van der Waals surface area contributed by atoms with Crippen LogP contribution in [0.4, 0.5) is 5.69 Å². The molecule has 2 aromatic rings. The molecule has 0 unspecified atom stereocenters. The maximum absolute atomic E-state index is 12.2. The van der Waals surface area contributed by atoms with Crippen LogP contribution in [0.5, 0.6) is 5.75 Å². The van der Waals surface area contributed by atoms with Gasteiger partial charge in [0.05, 0.1) is 41.9 Å². The summed E-state index contributed by atoms with van der Waals surface area (Å²) < 4.78 is 5.14. The first kappa shape index (κ1) is 14.2. The molecule has 20 heavy (non-hydrogen) atoms. The van der Waals surface area contributed by atoms with Crippen molar-refractivity contribution in [1.29, 1.82) is 0 Å². The monoisotopic (exact) mass is 294 g/mol. The van der Waals surface area contributed by atoms with Gasteiger partial charge >= 0.3 is 0 Å². The van der Waals surface area contributed by atoms with E-state index >= 15 is 0 Å². The van der Waals surface area contributed by atoms with Gasteiger partial charge in [0.1, 0.15) is 5.75 Å². The number of amides is 1. The van der Waals surface area contributed by atoms with E-state index in [2.05, 4.69) is 15.3 Å². The van der Waals surface area contributed by atoms with Crippen molar-refractivity contribution in [2.24, 2.45) is 0 Å². The van der Waals surface area contributed by atoms with Crippen LogP contribution in [-0.4, -0.2) is 23.0 Å². The Morgan fingerprint density at radius 3 is 2.90 bits per heavy atom. The van der Waals surface area contributed by atoms with E-state index in [0.717, 1.165) is 11.4 Å². The first-order valence-corrected chi connectivity index (χ1v) is 6.30. The van der Waals surface area contributed by atoms with Gasteiger partial charge in [0.25, 0.3) is 5.91 Å². The number of aromatic nitrogens is 2. The number of imidazole rings is 1. The van der Waals surface area contributed by atoms with E-state index in [1.54, 1.807) is 6.33 Å². The number of nitrogen functional groups attached to an aromatic ring is 1. The molecule has 0 atom stereocenters. The van der Waals surface area contributed by atoms with Crippen LogP contribution < -0.4 is 15.8 Å². The molecule has 7 heteroatoms. The number of carbonyl (C=O) groups excluding carboxylic acids is 1. The highest BCUT2D eigenvalue weighted by atomic mass is 35.5. The van der Waals surface area contributed by atoms with E-state index in [9.17, 15) is 4.79 Å².